The fraction of sp³-hybridized carbons (Fsp3) is 0.812. The predicted molar refractivity (Wildman–Crippen MR) is 82.8 cm³/mol. The van der Waals surface area contributed by atoms with Crippen LogP contribution in [0.5, 0.6) is 0 Å². The number of nitrogens with one attached hydrogen (secondary N) is 1. The molecule has 2 aliphatic rings. The molecule has 7 nitrogen and oxygen atoms in total. The maximum atomic E-state index is 11.5. The van der Waals surface area contributed by atoms with Crippen molar-refractivity contribution in [3.8, 4) is 0 Å². The van der Waals surface area contributed by atoms with Gasteiger partial charge in [-0.05, 0) is 20.3 Å². The van der Waals surface area contributed by atoms with Crippen LogP contribution in [0.3, 0.4) is 0 Å². The monoisotopic (exact) mass is 329 g/mol. The van der Waals surface area contributed by atoms with Crippen molar-refractivity contribution < 1.29 is 28.8 Å². The molecule has 2 fully saturated rings. The highest BCUT2D eigenvalue weighted by atomic mass is 16.7. The minimum atomic E-state index is -0.870. The standard InChI is InChI=1S/C16H27NO6/c1-5-7-20-8-6-11-13(17-10(2)18)14(19)15-12(22-11)9-21-16(3,4)23-15/h5,11-15,19H,1,6-9H2,2-4H3,(H,17,18)/t11-,12-,13+,14-,15?/m1/s1. The van der Waals surface area contributed by atoms with Crippen molar-refractivity contribution in [1.29, 1.82) is 0 Å². The van der Waals surface area contributed by atoms with Crippen LogP contribution in [0.2, 0.25) is 0 Å². The smallest absolute Gasteiger partial charge is 0.217 e. The number of carbonyl (C=O) groups excluding carboxylic acids is 1. The molecule has 1 amide bonds. The Bertz CT molecular complexity index is 427. The van der Waals surface area contributed by atoms with Gasteiger partial charge in [-0.25, -0.2) is 0 Å². The molecular weight excluding hydrogens is 302 g/mol. The van der Waals surface area contributed by atoms with Crippen molar-refractivity contribution in [3.63, 3.8) is 0 Å². The normalized spacial score (nSPS) is 36.1. The number of ether oxygens (including phenoxy) is 4. The lowest BCUT2D eigenvalue weighted by Crippen LogP contribution is -2.68. The summed E-state index contributed by atoms with van der Waals surface area (Å²) in [4.78, 5) is 11.5. The summed E-state index contributed by atoms with van der Waals surface area (Å²) < 4.78 is 22.8. The molecule has 2 N–H and O–H groups in total. The molecule has 0 radical (unpaired) electrons. The van der Waals surface area contributed by atoms with Gasteiger partial charge in [-0.15, -0.1) is 6.58 Å². The Kier molecular flexibility index (Phi) is 6.16. The van der Waals surface area contributed by atoms with Crippen LogP contribution >= 0.6 is 0 Å². The van der Waals surface area contributed by atoms with Gasteiger partial charge in [-0.1, -0.05) is 6.08 Å². The Morgan fingerprint density at radius 3 is 2.91 bits per heavy atom. The second-order valence-corrected chi connectivity index (χ2v) is 6.38. The summed E-state index contributed by atoms with van der Waals surface area (Å²) in [6.45, 7) is 9.83. The highest BCUT2D eigenvalue weighted by Crippen LogP contribution is 2.33. The fourth-order valence-electron chi connectivity index (χ4n) is 2.98. The molecular formula is C16H27NO6. The Morgan fingerprint density at radius 2 is 2.26 bits per heavy atom. The number of aliphatic hydroxyl groups is 1. The van der Waals surface area contributed by atoms with Crippen molar-refractivity contribution in [3.05, 3.63) is 12.7 Å². The molecule has 2 aliphatic heterocycles. The summed E-state index contributed by atoms with van der Waals surface area (Å²) in [5, 5.41) is 13.5. The lowest BCUT2D eigenvalue weighted by Gasteiger charge is -2.50. The molecule has 2 heterocycles. The largest absolute Gasteiger partial charge is 0.388 e. The molecule has 1 unspecified atom stereocenters. The van der Waals surface area contributed by atoms with Gasteiger partial charge in [0.25, 0.3) is 0 Å². The number of amides is 1. The summed E-state index contributed by atoms with van der Waals surface area (Å²) >= 11 is 0. The van der Waals surface area contributed by atoms with Gasteiger partial charge in [0.05, 0.1) is 25.4 Å². The third kappa shape index (κ3) is 4.74. The molecule has 0 aromatic rings. The molecule has 0 aromatic heterocycles. The highest BCUT2D eigenvalue weighted by Gasteiger charge is 2.50. The van der Waals surface area contributed by atoms with Gasteiger partial charge in [-0.2, -0.15) is 0 Å². The first-order chi connectivity index (χ1) is 10.8. The Morgan fingerprint density at radius 1 is 1.52 bits per heavy atom. The maximum Gasteiger partial charge on any atom is 0.217 e. The zero-order valence-electron chi connectivity index (χ0n) is 14.0. The van der Waals surface area contributed by atoms with Crippen LogP contribution < -0.4 is 5.32 Å². The molecule has 0 bridgehead atoms. The molecule has 132 valence electrons. The number of carbonyl (C=O) groups is 1. The van der Waals surface area contributed by atoms with E-state index in [1.165, 1.54) is 6.92 Å². The van der Waals surface area contributed by atoms with Gasteiger partial charge in [0.15, 0.2) is 5.79 Å². The fourth-order valence-corrected chi connectivity index (χ4v) is 2.98. The maximum absolute atomic E-state index is 11.5. The second-order valence-electron chi connectivity index (χ2n) is 6.38. The van der Waals surface area contributed by atoms with Crippen LogP contribution in [-0.2, 0) is 23.7 Å². The predicted octanol–water partition coefficient (Wildman–Crippen LogP) is 0.364. The Hall–Kier alpha value is -0.990. The van der Waals surface area contributed by atoms with Crippen molar-refractivity contribution in [1.82, 2.24) is 5.32 Å². The number of fused-ring (bicyclic) bond motifs is 1. The van der Waals surface area contributed by atoms with Crippen LogP contribution in [-0.4, -0.2) is 67.1 Å². The first kappa shape index (κ1) is 18.4. The first-order valence-electron chi connectivity index (χ1n) is 7.95. The van der Waals surface area contributed by atoms with Crippen LogP contribution in [0.4, 0.5) is 0 Å². The average molecular weight is 329 g/mol. The number of rotatable bonds is 6. The van der Waals surface area contributed by atoms with E-state index in [-0.39, 0.29) is 18.1 Å². The topological polar surface area (TPSA) is 86.2 Å². The highest BCUT2D eigenvalue weighted by molar-refractivity contribution is 5.73. The lowest BCUT2D eigenvalue weighted by molar-refractivity contribution is -0.348. The van der Waals surface area contributed by atoms with Gasteiger partial charge < -0.3 is 29.4 Å². The Balaban J connectivity index is 2.05. The molecule has 7 heteroatoms. The number of hydrogen-bond donors (Lipinski definition) is 2. The van der Waals surface area contributed by atoms with Crippen LogP contribution in [0.25, 0.3) is 0 Å². The summed E-state index contributed by atoms with van der Waals surface area (Å²) in [7, 11) is 0. The molecule has 0 saturated carbocycles. The number of aliphatic hydroxyl groups excluding tert-OH is 1. The molecule has 0 spiro atoms. The van der Waals surface area contributed by atoms with Gasteiger partial charge >= 0.3 is 0 Å². The van der Waals surface area contributed by atoms with Crippen molar-refractivity contribution in [2.45, 2.75) is 63.4 Å². The van der Waals surface area contributed by atoms with Crippen molar-refractivity contribution >= 4 is 5.91 Å². The summed E-state index contributed by atoms with van der Waals surface area (Å²) in [6.07, 6.45) is 0.0672. The van der Waals surface area contributed by atoms with E-state index in [4.69, 9.17) is 18.9 Å². The van der Waals surface area contributed by atoms with Gasteiger partial charge in [0.1, 0.15) is 18.3 Å². The Labute approximate surface area is 136 Å². The zero-order valence-corrected chi connectivity index (χ0v) is 14.0. The van der Waals surface area contributed by atoms with Crippen LogP contribution in [0, 0.1) is 0 Å². The van der Waals surface area contributed by atoms with E-state index in [1.807, 2.05) is 0 Å². The molecule has 2 rings (SSSR count). The zero-order chi connectivity index (χ0) is 17.0. The van der Waals surface area contributed by atoms with Crippen LogP contribution in [0.15, 0.2) is 12.7 Å². The quantitative estimate of drug-likeness (QED) is 0.541. The molecule has 5 atom stereocenters. The minimum Gasteiger partial charge on any atom is -0.388 e. The first-order valence-corrected chi connectivity index (χ1v) is 7.95. The van der Waals surface area contributed by atoms with Gasteiger partial charge in [0, 0.05) is 13.5 Å². The van der Waals surface area contributed by atoms with E-state index in [0.29, 0.717) is 26.2 Å². The summed E-state index contributed by atoms with van der Waals surface area (Å²) in [5.74, 6) is -1.01. The van der Waals surface area contributed by atoms with E-state index in [0.717, 1.165) is 0 Å². The molecule has 23 heavy (non-hydrogen) atoms. The second kappa shape index (κ2) is 7.72. The average Bonchev–Trinajstić information content (AvgIpc) is 2.47. The molecule has 0 aliphatic carbocycles. The van der Waals surface area contributed by atoms with E-state index >= 15 is 0 Å². The van der Waals surface area contributed by atoms with E-state index in [2.05, 4.69) is 11.9 Å². The van der Waals surface area contributed by atoms with E-state index in [1.54, 1.807) is 19.9 Å². The van der Waals surface area contributed by atoms with Crippen LogP contribution in [0.1, 0.15) is 27.2 Å². The third-order valence-electron chi connectivity index (χ3n) is 3.99. The lowest BCUT2D eigenvalue weighted by atomic mass is 9.90. The van der Waals surface area contributed by atoms with E-state index in [9.17, 15) is 9.90 Å². The van der Waals surface area contributed by atoms with E-state index < -0.39 is 24.0 Å². The summed E-state index contributed by atoms with van der Waals surface area (Å²) in [6, 6.07) is -0.546. The number of hydrogen-bond acceptors (Lipinski definition) is 6. The minimum absolute atomic E-state index is 0.223. The van der Waals surface area contributed by atoms with Crippen molar-refractivity contribution in [2.75, 3.05) is 19.8 Å². The van der Waals surface area contributed by atoms with Gasteiger partial charge in [0.2, 0.25) is 5.91 Å². The SMILES string of the molecule is C=CCOCC[C@H]1O[C@@H]2COC(C)(C)OC2[C@H](O)[C@H]1NC(C)=O. The molecule has 2 saturated heterocycles. The summed E-state index contributed by atoms with van der Waals surface area (Å²) in [5.41, 5.74) is 0. The van der Waals surface area contributed by atoms with Crippen molar-refractivity contribution in [2.24, 2.45) is 0 Å². The molecule has 0 aromatic carbocycles. The third-order valence-corrected chi connectivity index (χ3v) is 3.99. The van der Waals surface area contributed by atoms with Gasteiger partial charge in [-0.3, -0.25) is 4.79 Å².